The predicted octanol–water partition coefficient (Wildman–Crippen LogP) is -0.976. The first-order valence-electron chi connectivity index (χ1n) is 2.94. The molecule has 0 aromatic rings. The molecule has 61 valence electrons. The van der Waals surface area contributed by atoms with E-state index in [4.69, 9.17) is 0 Å². The largest absolute Gasteiger partial charge is 3.00 e. The van der Waals surface area contributed by atoms with Gasteiger partial charge in [-0.15, -0.1) is 0 Å². The van der Waals surface area contributed by atoms with Gasteiger partial charge in [0, 0.05) is 0 Å². The molecule has 1 radical (unpaired) electrons. The molecule has 0 aliphatic rings. The summed E-state index contributed by atoms with van der Waals surface area (Å²) in [7, 11) is 3.61. The minimum absolute atomic E-state index is 0. The molecule has 0 aromatic heterocycles. The van der Waals surface area contributed by atoms with Gasteiger partial charge in [0.15, 0.2) is 0 Å². The van der Waals surface area contributed by atoms with Crippen LogP contribution in [0.15, 0.2) is 0 Å². The maximum Gasteiger partial charge on any atom is 3.00 e. The molecule has 0 rings (SSSR count). The predicted molar refractivity (Wildman–Crippen MR) is 39.6 cm³/mol. The van der Waals surface area contributed by atoms with Crippen LogP contribution in [0.3, 0.4) is 0 Å². The quantitative estimate of drug-likeness (QED) is 0.622. The van der Waals surface area contributed by atoms with Crippen LogP contribution < -0.4 is 4.70 Å². The van der Waals surface area contributed by atoms with E-state index < -0.39 is 0 Å². The van der Waals surface area contributed by atoms with Gasteiger partial charge in [0.1, 0.15) is 0 Å². The van der Waals surface area contributed by atoms with Crippen LogP contribution >= 0.6 is 0 Å². The first-order chi connectivity index (χ1) is 3.83. The molecule has 0 amide bonds. The normalized spacial score (nSPS) is 6.00. The van der Waals surface area contributed by atoms with Crippen molar-refractivity contribution < 1.29 is 45.5 Å². The fourth-order valence-electron chi connectivity index (χ4n) is 0. The molecule has 0 bridgehead atoms. The summed E-state index contributed by atoms with van der Waals surface area (Å²) in [5.41, 5.74) is 0. The van der Waals surface area contributed by atoms with Crippen LogP contribution in [0.5, 0.6) is 0 Å². The summed E-state index contributed by atoms with van der Waals surface area (Å²) in [6.07, 6.45) is 0. The van der Waals surface area contributed by atoms with Gasteiger partial charge in [-0.2, -0.15) is 27.2 Å². The summed E-state index contributed by atoms with van der Waals surface area (Å²) in [6.45, 7) is 5.92. The maximum atomic E-state index is 3.74. The van der Waals surface area contributed by atoms with Crippen LogP contribution in [0.25, 0.3) is 10.6 Å². The Kier molecular flexibility index (Phi) is 71.8. The van der Waals surface area contributed by atoms with E-state index in [0.717, 1.165) is 13.1 Å². The third kappa shape index (κ3) is 60.4. The van der Waals surface area contributed by atoms with Crippen LogP contribution in [0.2, 0.25) is 0 Å². The number of rotatable bonds is 2. The molecule has 0 aliphatic heterocycles. The van der Waals surface area contributed by atoms with E-state index >= 15 is 0 Å². The van der Waals surface area contributed by atoms with Gasteiger partial charge in [-0.3, -0.25) is 0 Å². The third-order valence-corrected chi connectivity index (χ3v) is 0.632. The Morgan fingerprint density at radius 1 is 0.900 bits per heavy atom. The Bertz CT molecular complexity index is 23.7. The summed E-state index contributed by atoms with van der Waals surface area (Å²) < 4.78 is 0. The molecule has 0 fully saturated rings. The minimum atomic E-state index is 0. The van der Waals surface area contributed by atoms with Gasteiger partial charge < -0.3 is 15.3 Å². The summed E-state index contributed by atoms with van der Waals surface area (Å²) in [5, 5.41) is 7.47. The number of hydrogen-bond acceptors (Lipinski definition) is 0. The van der Waals surface area contributed by atoms with Crippen LogP contribution in [0, 0.1) is 40.8 Å². The Morgan fingerprint density at radius 2 is 1.00 bits per heavy atom. The maximum absolute atomic E-state index is 3.74. The van der Waals surface area contributed by atoms with Crippen molar-refractivity contribution in [2.75, 3.05) is 27.2 Å². The molecule has 0 saturated carbocycles. The molecule has 0 N–H and O–H groups in total. The summed E-state index contributed by atoms with van der Waals surface area (Å²) in [5.74, 6) is 0. The first-order valence-corrected chi connectivity index (χ1v) is 2.94. The van der Waals surface area contributed by atoms with E-state index in [2.05, 4.69) is 10.6 Å². The topological polar surface area (TPSA) is 28.2 Å². The van der Waals surface area contributed by atoms with E-state index in [0.29, 0.717) is 0 Å². The van der Waals surface area contributed by atoms with Crippen molar-refractivity contribution in [2.45, 2.75) is 13.8 Å². The minimum Gasteiger partial charge on any atom is -1.00 e. The SMILES string of the molecule is CC[N-]C.CC[N-]C.[F-].[Nd+3]. The van der Waals surface area contributed by atoms with Crippen molar-refractivity contribution in [3.8, 4) is 0 Å². The van der Waals surface area contributed by atoms with Gasteiger partial charge in [0.25, 0.3) is 0 Å². The van der Waals surface area contributed by atoms with Crippen LogP contribution in [-0.2, 0) is 0 Å². The fourth-order valence-corrected chi connectivity index (χ4v) is 0. The zero-order chi connectivity index (χ0) is 6.83. The van der Waals surface area contributed by atoms with Gasteiger partial charge >= 0.3 is 40.8 Å². The first kappa shape index (κ1) is 22.5. The molecule has 0 heterocycles. The van der Waals surface area contributed by atoms with Gasteiger partial charge in [0.2, 0.25) is 0 Å². The van der Waals surface area contributed by atoms with Crippen molar-refractivity contribution in [1.29, 1.82) is 0 Å². The molecule has 4 heteroatoms. The van der Waals surface area contributed by atoms with Crippen LogP contribution in [0.4, 0.5) is 0 Å². The zero-order valence-corrected chi connectivity index (χ0v) is 10.4. The zero-order valence-electron chi connectivity index (χ0n) is 7.19. The second kappa shape index (κ2) is 31.9. The van der Waals surface area contributed by atoms with Crippen molar-refractivity contribution in [3.63, 3.8) is 0 Å². The molecule has 0 aliphatic carbocycles. The summed E-state index contributed by atoms with van der Waals surface area (Å²) in [6, 6.07) is 0. The molecule has 0 spiro atoms. The van der Waals surface area contributed by atoms with Crippen molar-refractivity contribution in [3.05, 3.63) is 10.6 Å². The van der Waals surface area contributed by atoms with Crippen LogP contribution in [0.1, 0.15) is 13.8 Å². The monoisotopic (exact) mass is 277 g/mol. The average molecular weight is 279 g/mol. The van der Waals surface area contributed by atoms with E-state index in [1.165, 1.54) is 0 Å². The van der Waals surface area contributed by atoms with Gasteiger partial charge in [-0.1, -0.05) is 13.8 Å². The second-order valence-corrected chi connectivity index (χ2v) is 1.26. The molecule has 0 aromatic carbocycles. The average Bonchev–Trinajstić information content (AvgIpc) is 1.88. The summed E-state index contributed by atoms with van der Waals surface area (Å²) >= 11 is 0. The van der Waals surface area contributed by atoms with E-state index in [-0.39, 0.29) is 45.5 Å². The second-order valence-electron chi connectivity index (χ2n) is 1.26. The fraction of sp³-hybridized carbons (Fsp3) is 1.00. The van der Waals surface area contributed by atoms with E-state index in [1.54, 1.807) is 14.1 Å². The van der Waals surface area contributed by atoms with Gasteiger partial charge in [-0.05, 0) is 0 Å². The Balaban J connectivity index is -0.0000000300. The summed E-state index contributed by atoms with van der Waals surface area (Å²) in [4.78, 5) is 0. The van der Waals surface area contributed by atoms with Gasteiger partial charge in [0.05, 0.1) is 0 Å². The molecule has 0 atom stereocenters. The van der Waals surface area contributed by atoms with Crippen molar-refractivity contribution >= 4 is 0 Å². The van der Waals surface area contributed by atoms with Crippen molar-refractivity contribution in [2.24, 2.45) is 0 Å². The molecular weight excluding hydrogens is 263 g/mol. The smallest absolute Gasteiger partial charge is 1.00 e. The van der Waals surface area contributed by atoms with Gasteiger partial charge in [-0.25, -0.2) is 0 Å². The third-order valence-electron chi connectivity index (χ3n) is 0.632. The molecule has 2 nitrogen and oxygen atoms in total. The van der Waals surface area contributed by atoms with E-state index in [1.807, 2.05) is 13.8 Å². The number of halogens is 1. The standard InChI is InChI=1S/2C3H8N.FH.Nd/c2*1-3-4-2;;/h2*3H2,1-2H3;1H;/q2*-1;;+3/p-1. The molecule has 0 unspecified atom stereocenters. The molecule has 10 heavy (non-hydrogen) atoms. The Morgan fingerprint density at radius 3 is 1.00 bits per heavy atom. The van der Waals surface area contributed by atoms with E-state index in [9.17, 15) is 0 Å². The molecular formula is C6H16FN2Nd. The Labute approximate surface area is 96.4 Å². The molecule has 0 saturated heterocycles. The van der Waals surface area contributed by atoms with Crippen LogP contribution in [-0.4, -0.2) is 27.2 Å². The number of hydrogen-bond donors (Lipinski definition) is 0. The number of nitrogens with zero attached hydrogens (tertiary/aromatic N) is 2. The Hall–Kier alpha value is 1.20. The van der Waals surface area contributed by atoms with Crippen molar-refractivity contribution in [1.82, 2.24) is 0 Å².